The van der Waals surface area contributed by atoms with Gasteiger partial charge in [-0.1, -0.05) is 65.3 Å². The van der Waals surface area contributed by atoms with Crippen molar-refractivity contribution in [2.75, 3.05) is 5.75 Å². The quantitative estimate of drug-likeness (QED) is 0.197. The van der Waals surface area contributed by atoms with Gasteiger partial charge in [-0.15, -0.1) is 0 Å². The summed E-state index contributed by atoms with van der Waals surface area (Å²) in [5.41, 5.74) is 5.45. The fourth-order valence-corrected chi connectivity index (χ4v) is 4.06. The number of hydrogen-bond donors (Lipinski definition) is 1. The molecule has 0 aliphatic rings. The molecule has 160 valence electrons. The number of hydrazone groups is 1. The predicted octanol–water partition coefficient (Wildman–Crippen LogP) is 4.59. The molecule has 0 aliphatic carbocycles. The number of aryl methyl sites for hydroxylation is 1. The Bertz CT molecular complexity index is 1370. The van der Waals surface area contributed by atoms with Gasteiger partial charge >= 0.3 is 0 Å². The van der Waals surface area contributed by atoms with Gasteiger partial charge in [0, 0.05) is 5.02 Å². The summed E-state index contributed by atoms with van der Waals surface area (Å²) < 4.78 is 1.54. The Kier molecular flexibility index (Phi) is 6.68. The Morgan fingerprint density at radius 3 is 2.69 bits per heavy atom. The molecule has 0 radical (unpaired) electrons. The van der Waals surface area contributed by atoms with Crippen LogP contribution in [0.2, 0.25) is 5.02 Å². The first kappa shape index (κ1) is 21.8. The molecule has 6 nitrogen and oxygen atoms in total. The van der Waals surface area contributed by atoms with Crippen molar-refractivity contribution in [3.05, 3.63) is 99.3 Å². The second-order valence-corrected chi connectivity index (χ2v) is 8.40. The Morgan fingerprint density at radius 1 is 1.12 bits per heavy atom. The number of hydrogen-bond acceptors (Lipinski definition) is 5. The summed E-state index contributed by atoms with van der Waals surface area (Å²) in [6.07, 6.45) is 1.52. The SMILES string of the molecule is Cc1ccc(-n2c(SCC(=O)N/N=C/c3cccc(Cl)c3)nc3ccccc3c2=O)cc1. The van der Waals surface area contributed by atoms with E-state index in [1.165, 1.54) is 22.5 Å². The highest BCUT2D eigenvalue weighted by Gasteiger charge is 2.14. The molecule has 0 saturated heterocycles. The van der Waals surface area contributed by atoms with E-state index in [-0.39, 0.29) is 17.2 Å². The smallest absolute Gasteiger partial charge is 0.266 e. The van der Waals surface area contributed by atoms with Gasteiger partial charge in [0.15, 0.2) is 5.16 Å². The minimum Gasteiger partial charge on any atom is -0.272 e. The molecule has 4 aromatic rings. The lowest BCUT2D eigenvalue weighted by molar-refractivity contribution is -0.118. The minimum atomic E-state index is -0.314. The molecule has 3 aromatic carbocycles. The van der Waals surface area contributed by atoms with Crippen molar-refractivity contribution >= 4 is 46.4 Å². The van der Waals surface area contributed by atoms with Gasteiger partial charge in [-0.25, -0.2) is 10.4 Å². The summed E-state index contributed by atoms with van der Waals surface area (Å²) in [5, 5.41) is 5.52. The zero-order valence-corrected chi connectivity index (χ0v) is 18.7. The number of halogens is 1. The van der Waals surface area contributed by atoms with Gasteiger partial charge in [0.05, 0.1) is 28.6 Å². The fourth-order valence-electron chi connectivity index (χ4n) is 3.06. The molecule has 0 atom stereocenters. The first-order chi connectivity index (χ1) is 15.5. The second-order valence-electron chi connectivity index (χ2n) is 7.02. The van der Waals surface area contributed by atoms with Crippen LogP contribution in [0.25, 0.3) is 16.6 Å². The number of carbonyl (C=O) groups excluding carboxylic acids is 1. The maximum Gasteiger partial charge on any atom is 0.266 e. The van der Waals surface area contributed by atoms with E-state index in [2.05, 4.69) is 15.5 Å². The van der Waals surface area contributed by atoms with Gasteiger partial charge in [0.1, 0.15) is 0 Å². The maximum atomic E-state index is 13.2. The van der Waals surface area contributed by atoms with Gasteiger partial charge in [-0.05, 0) is 48.9 Å². The molecule has 4 rings (SSSR count). The predicted molar refractivity (Wildman–Crippen MR) is 130 cm³/mol. The van der Waals surface area contributed by atoms with Crippen molar-refractivity contribution < 1.29 is 4.79 Å². The molecule has 0 unspecified atom stereocenters. The molecule has 0 aliphatic heterocycles. The molecular formula is C24H19ClN4O2S. The number of nitrogens with one attached hydrogen (secondary N) is 1. The molecule has 0 fully saturated rings. The summed E-state index contributed by atoms with van der Waals surface area (Å²) in [6.45, 7) is 1.98. The lowest BCUT2D eigenvalue weighted by Crippen LogP contribution is -2.24. The molecule has 8 heteroatoms. The van der Waals surface area contributed by atoms with Crippen molar-refractivity contribution in [1.82, 2.24) is 15.0 Å². The monoisotopic (exact) mass is 462 g/mol. The van der Waals surface area contributed by atoms with E-state index >= 15 is 0 Å². The summed E-state index contributed by atoms with van der Waals surface area (Å²) in [4.78, 5) is 30.2. The number of rotatable bonds is 6. The van der Waals surface area contributed by atoms with Gasteiger partial charge in [-0.2, -0.15) is 5.10 Å². The van der Waals surface area contributed by atoms with E-state index in [9.17, 15) is 9.59 Å². The minimum absolute atomic E-state index is 0.0452. The van der Waals surface area contributed by atoms with Gasteiger partial charge in [0.2, 0.25) is 0 Å². The number of benzene rings is 3. The highest BCUT2D eigenvalue weighted by molar-refractivity contribution is 7.99. The molecule has 0 saturated carbocycles. The van der Waals surface area contributed by atoms with Crippen LogP contribution < -0.4 is 11.0 Å². The number of carbonyl (C=O) groups is 1. The number of thioether (sulfide) groups is 1. The van der Waals surface area contributed by atoms with Crippen LogP contribution in [0.1, 0.15) is 11.1 Å². The number of amides is 1. The zero-order valence-electron chi connectivity index (χ0n) is 17.2. The lowest BCUT2D eigenvalue weighted by atomic mass is 10.2. The number of aromatic nitrogens is 2. The topological polar surface area (TPSA) is 76.3 Å². The first-order valence-corrected chi connectivity index (χ1v) is 11.2. The van der Waals surface area contributed by atoms with E-state index in [0.717, 1.165) is 11.1 Å². The molecule has 1 aromatic heterocycles. The Labute approximate surface area is 194 Å². The number of para-hydroxylation sites is 1. The second kappa shape index (κ2) is 9.80. The van der Waals surface area contributed by atoms with Crippen molar-refractivity contribution in [3.8, 4) is 5.69 Å². The normalized spacial score (nSPS) is 11.2. The average Bonchev–Trinajstić information content (AvgIpc) is 2.79. The van der Waals surface area contributed by atoms with E-state index in [1.807, 2.05) is 49.4 Å². The third-order valence-corrected chi connectivity index (χ3v) is 5.79. The highest BCUT2D eigenvalue weighted by Crippen LogP contribution is 2.21. The van der Waals surface area contributed by atoms with Crippen molar-refractivity contribution in [3.63, 3.8) is 0 Å². The summed E-state index contributed by atoms with van der Waals surface area (Å²) >= 11 is 7.12. The van der Waals surface area contributed by atoms with Crippen LogP contribution in [0, 0.1) is 6.92 Å². The maximum absolute atomic E-state index is 13.2. The summed E-state index contributed by atoms with van der Waals surface area (Å²) in [7, 11) is 0. The Morgan fingerprint density at radius 2 is 1.91 bits per heavy atom. The van der Waals surface area contributed by atoms with E-state index in [1.54, 1.807) is 30.3 Å². The van der Waals surface area contributed by atoms with Crippen LogP contribution in [0.15, 0.2) is 87.8 Å². The number of nitrogens with zero attached hydrogens (tertiary/aromatic N) is 3. The Balaban J connectivity index is 1.56. The lowest BCUT2D eigenvalue weighted by Gasteiger charge is -2.13. The van der Waals surface area contributed by atoms with Gasteiger partial charge in [-0.3, -0.25) is 14.2 Å². The van der Waals surface area contributed by atoms with Crippen molar-refractivity contribution in [2.24, 2.45) is 5.10 Å². The van der Waals surface area contributed by atoms with E-state index in [4.69, 9.17) is 11.6 Å². The van der Waals surface area contributed by atoms with Gasteiger partial charge < -0.3 is 0 Å². The third-order valence-electron chi connectivity index (χ3n) is 4.62. The van der Waals surface area contributed by atoms with Crippen LogP contribution in [-0.4, -0.2) is 27.4 Å². The fraction of sp³-hybridized carbons (Fsp3) is 0.0833. The molecular weight excluding hydrogens is 444 g/mol. The summed E-state index contributed by atoms with van der Waals surface area (Å²) in [5.74, 6) is -0.269. The standard InChI is InChI=1S/C24H19ClN4O2S/c1-16-9-11-19(12-10-16)29-23(31)20-7-2-3-8-21(20)27-24(29)32-15-22(30)28-26-14-17-5-4-6-18(25)13-17/h2-14H,15H2,1H3,(H,28,30)/b26-14+. The summed E-state index contributed by atoms with van der Waals surface area (Å²) in [6, 6.07) is 21.9. The van der Waals surface area contributed by atoms with E-state index < -0.39 is 0 Å². The zero-order chi connectivity index (χ0) is 22.5. The van der Waals surface area contributed by atoms with Crippen LogP contribution in [0.5, 0.6) is 0 Å². The molecule has 0 bridgehead atoms. The first-order valence-electron chi connectivity index (χ1n) is 9.80. The van der Waals surface area contributed by atoms with Crippen LogP contribution in [-0.2, 0) is 4.79 Å². The van der Waals surface area contributed by atoms with Crippen LogP contribution >= 0.6 is 23.4 Å². The molecule has 0 spiro atoms. The van der Waals surface area contributed by atoms with Gasteiger partial charge in [0.25, 0.3) is 11.5 Å². The molecule has 1 amide bonds. The molecule has 32 heavy (non-hydrogen) atoms. The van der Waals surface area contributed by atoms with Crippen molar-refractivity contribution in [2.45, 2.75) is 12.1 Å². The Hall–Kier alpha value is -3.42. The highest BCUT2D eigenvalue weighted by atomic mass is 35.5. The molecule has 1 heterocycles. The van der Waals surface area contributed by atoms with Crippen LogP contribution in [0.4, 0.5) is 0 Å². The van der Waals surface area contributed by atoms with E-state index in [0.29, 0.717) is 26.8 Å². The molecule has 1 N–H and O–H groups in total. The third kappa shape index (κ3) is 5.07. The van der Waals surface area contributed by atoms with Crippen LogP contribution in [0.3, 0.4) is 0 Å². The number of fused-ring (bicyclic) bond motifs is 1. The average molecular weight is 463 g/mol. The largest absolute Gasteiger partial charge is 0.272 e. The van der Waals surface area contributed by atoms with Crippen molar-refractivity contribution in [1.29, 1.82) is 0 Å².